The van der Waals surface area contributed by atoms with Gasteiger partial charge in [-0.3, -0.25) is 4.90 Å². The van der Waals surface area contributed by atoms with Crippen molar-refractivity contribution < 1.29 is 10.2 Å². The maximum absolute atomic E-state index is 8.99. The summed E-state index contributed by atoms with van der Waals surface area (Å²) in [6, 6.07) is 12.6. The standard InChI is InChI=1S/C15H19NO2S/c17-9-7-16(8-10-18)12-13-3-5-14(6-4-13)15-2-1-11-19-15/h1-6,11,17-18H,7-10,12H2. The Kier molecular flexibility index (Phi) is 5.54. The van der Waals surface area contributed by atoms with Crippen molar-refractivity contribution in [3.05, 3.63) is 47.3 Å². The Hall–Kier alpha value is -1.20. The molecule has 2 aromatic rings. The van der Waals surface area contributed by atoms with Crippen molar-refractivity contribution in [1.82, 2.24) is 4.90 Å². The second-order valence-electron chi connectivity index (χ2n) is 4.40. The number of rotatable bonds is 7. The molecule has 0 fully saturated rings. The zero-order chi connectivity index (χ0) is 13.5. The van der Waals surface area contributed by atoms with E-state index in [1.54, 1.807) is 11.3 Å². The minimum absolute atomic E-state index is 0.118. The van der Waals surface area contributed by atoms with Crippen LogP contribution in [0.1, 0.15) is 5.56 Å². The molecule has 2 rings (SSSR count). The van der Waals surface area contributed by atoms with Gasteiger partial charge in [-0.15, -0.1) is 11.3 Å². The Bertz CT molecular complexity index is 461. The molecule has 19 heavy (non-hydrogen) atoms. The number of aliphatic hydroxyl groups is 2. The van der Waals surface area contributed by atoms with Crippen molar-refractivity contribution in [1.29, 1.82) is 0 Å². The van der Waals surface area contributed by atoms with Crippen LogP contribution in [0.15, 0.2) is 41.8 Å². The predicted molar refractivity (Wildman–Crippen MR) is 79.2 cm³/mol. The number of hydrogen-bond donors (Lipinski definition) is 2. The van der Waals surface area contributed by atoms with Gasteiger partial charge >= 0.3 is 0 Å². The first-order chi connectivity index (χ1) is 9.33. The van der Waals surface area contributed by atoms with Gasteiger partial charge in [-0.25, -0.2) is 0 Å². The average Bonchev–Trinajstić information content (AvgIpc) is 2.94. The molecule has 0 aliphatic rings. The van der Waals surface area contributed by atoms with Gasteiger partial charge in [0.25, 0.3) is 0 Å². The fourth-order valence-electron chi connectivity index (χ4n) is 2.03. The first kappa shape index (κ1) is 14.2. The third kappa shape index (κ3) is 4.14. The molecule has 1 heterocycles. The van der Waals surface area contributed by atoms with Crippen LogP contribution in [0.25, 0.3) is 10.4 Å². The minimum Gasteiger partial charge on any atom is -0.395 e. The minimum atomic E-state index is 0.118. The van der Waals surface area contributed by atoms with Crippen LogP contribution in [0.2, 0.25) is 0 Å². The van der Waals surface area contributed by atoms with Crippen LogP contribution in [-0.4, -0.2) is 41.4 Å². The van der Waals surface area contributed by atoms with E-state index in [9.17, 15) is 0 Å². The molecule has 0 atom stereocenters. The highest BCUT2D eigenvalue weighted by Crippen LogP contribution is 2.24. The molecule has 0 spiro atoms. The molecule has 102 valence electrons. The summed E-state index contributed by atoms with van der Waals surface area (Å²) in [5.74, 6) is 0. The highest BCUT2D eigenvalue weighted by Gasteiger charge is 2.05. The Labute approximate surface area is 117 Å². The molecule has 0 saturated carbocycles. The number of hydrogen-bond acceptors (Lipinski definition) is 4. The zero-order valence-electron chi connectivity index (χ0n) is 10.8. The lowest BCUT2D eigenvalue weighted by Crippen LogP contribution is -2.29. The van der Waals surface area contributed by atoms with Gasteiger partial charge in [0.05, 0.1) is 13.2 Å². The van der Waals surface area contributed by atoms with E-state index >= 15 is 0 Å². The summed E-state index contributed by atoms with van der Waals surface area (Å²) < 4.78 is 0. The molecule has 1 aromatic heterocycles. The lowest BCUT2D eigenvalue weighted by Gasteiger charge is -2.20. The van der Waals surface area contributed by atoms with Gasteiger partial charge < -0.3 is 10.2 Å². The molecule has 0 saturated heterocycles. The summed E-state index contributed by atoms with van der Waals surface area (Å²) >= 11 is 1.74. The first-order valence-electron chi connectivity index (χ1n) is 6.40. The van der Waals surface area contributed by atoms with Crippen LogP contribution in [0.5, 0.6) is 0 Å². The van der Waals surface area contributed by atoms with E-state index in [1.807, 2.05) is 4.90 Å². The molecule has 2 N–H and O–H groups in total. The molecule has 4 heteroatoms. The molecule has 1 aromatic carbocycles. The third-order valence-electron chi connectivity index (χ3n) is 3.00. The number of nitrogens with zero attached hydrogens (tertiary/aromatic N) is 1. The fraction of sp³-hybridized carbons (Fsp3) is 0.333. The topological polar surface area (TPSA) is 43.7 Å². The van der Waals surface area contributed by atoms with E-state index in [2.05, 4.69) is 41.8 Å². The van der Waals surface area contributed by atoms with Crippen LogP contribution in [0.4, 0.5) is 0 Å². The van der Waals surface area contributed by atoms with Gasteiger partial charge in [-0.05, 0) is 22.6 Å². The highest BCUT2D eigenvalue weighted by atomic mass is 32.1. The van der Waals surface area contributed by atoms with Crippen molar-refractivity contribution in [3.8, 4) is 10.4 Å². The third-order valence-corrected chi connectivity index (χ3v) is 3.92. The van der Waals surface area contributed by atoms with Gasteiger partial charge in [0.15, 0.2) is 0 Å². The van der Waals surface area contributed by atoms with Crippen molar-refractivity contribution in [2.24, 2.45) is 0 Å². The second kappa shape index (κ2) is 7.40. The Morgan fingerprint density at radius 1 is 0.947 bits per heavy atom. The molecular weight excluding hydrogens is 258 g/mol. The lowest BCUT2D eigenvalue weighted by atomic mass is 10.1. The van der Waals surface area contributed by atoms with Crippen LogP contribution >= 0.6 is 11.3 Å². The van der Waals surface area contributed by atoms with Crippen LogP contribution in [0.3, 0.4) is 0 Å². The zero-order valence-corrected chi connectivity index (χ0v) is 11.6. The van der Waals surface area contributed by atoms with Crippen LogP contribution < -0.4 is 0 Å². The van der Waals surface area contributed by atoms with E-state index in [0.29, 0.717) is 13.1 Å². The number of benzene rings is 1. The molecule has 0 unspecified atom stereocenters. The SMILES string of the molecule is OCCN(CCO)Cc1ccc(-c2cccs2)cc1. The molecule has 3 nitrogen and oxygen atoms in total. The molecule has 0 aliphatic heterocycles. The average molecular weight is 277 g/mol. The fourth-order valence-corrected chi connectivity index (χ4v) is 2.76. The van der Waals surface area contributed by atoms with E-state index in [0.717, 1.165) is 6.54 Å². The summed E-state index contributed by atoms with van der Waals surface area (Å²) in [6.07, 6.45) is 0. The summed E-state index contributed by atoms with van der Waals surface area (Å²) in [6.45, 7) is 2.17. The van der Waals surface area contributed by atoms with Gasteiger partial charge in [0.1, 0.15) is 0 Å². The molecule has 0 bridgehead atoms. The summed E-state index contributed by atoms with van der Waals surface area (Å²) in [4.78, 5) is 3.31. The van der Waals surface area contributed by atoms with Crippen molar-refractivity contribution in [2.75, 3.05) is 26.3 Å². The number of thiophene rings is 1. The quantitative estimate of drug-likeness (QED) is 0.815. The van der Waals surface area contributed by atoms with E-state index in [1.165, 1.54) is 16.0 Å². The largest absolute Gasteiger partial charge is 0.395 e. The van der Waals surface area contributed by atoms with Gasteiger partial charge in [-0.2, -0.15) is 0 Å². The van der Waals surface area contributed by atoms with Gasteiger partial charge in [0.2, 0.25) is 0 Å². The first-order valence-corrected chi connectivity index (χ1v) is 7.28. The Balaban J connectivity index is 2.01. The molecular formula is C15H19NO2S. The van der Waals surface area contributed by atoms with Crippen molar-refractivity contribution >= 4 is 11.3 Å². The van der Waals surface area contributed by atoms with Crippen LogP contribution in [-0.2, 0) is 6.54 Å². The summed E-state index contributed by atoms with van der Waals surface area (Å²) in [5.41, 5.74) is 2.43. The lowest BCUT2D eigenvalue weighted by molar-refractivity contribution is 0.156. The molecule has 0 aliphatic carbocycles. The molecule has 0 amide bonds. The predicted octanol–water partition coefficient (Wildman–Crippen LogP) is 2.20. The van der Waals surface area contributed by atoms with E-state index in [4.69, 9.17) is 10.2 Å². The van der Waals surface area contributed by atoms with Gasteiger partial charge in [0, 0.05) is 24.5 Å². The Morgan fingerprint density at radius 3 is 2.16 bits per heavy atom. The summed E-state index contributed by atoms with van der Waals surface area (Å²) in [5, 5.41) is 20.1. The monoisotopic (exact) mass is 277 g/mol. The maximum Gasteiger partial charge on any atom is 0.0558 e. The second-order valence-corrected chi connectivity index (χ2v) is 5.35. The smallest absolute Gasteiger partial charge is 0.0558 e. The summed E-state index contributed by atoms with van der Waals surface area (Å²) in [7, 11) is 0. The van der Waals surface area contributed by atoms with E-state index < -0.39 is 0 Å². The maximum atomic E-state index is 8.99. The number of aliphatic hydroxyl groups excluding tert-OH is 2. The van der Waals surface area contributed by atoms with Crippen molar-refractivity contribution in [2.45, 2.75) is 6.54 Å². The van der Waals surface area contributed by atoms with Gasteiger partial charge in [-0.1, -0.05) is 30.3 Å². The van der Waals surface area contributed by atoms with Crippen LogP contribution in [0, 0.1) is 0 Å². The van der Waals surface area contributed by atoms with E-state index in [-0.39, 0.29) is 13.2 Å². The Morgan fingerprint density at radius 2 is 1.63 bits per heavy atom. The normalized spacial score (nSPS) is 11.1. The molecule has 0 radical (unpaired) electrons. The van der Waals surface area contributed by atoms with Crippen molar-refractivity contribution in [3.63, 3.8) is 0 Å². The highest BCUT2D eigenvalue weighted by molar-refractivity contribution is 7.13.